The van der Waals surface area contributed by atoms with Crippen LogP contribution >= 0.6 is 11.3 Å². The number of anilines is 1. The molecule has 0 amide bonds. The van der Waals surface area contributed by atoms with E-state index in [2.05, 4.69) is 20.5 Å². The molecular formula is C11H10N6S. The Morgan fingerprint density at radius 2 is 2.06 bits per heavy atom. The van der Waals surface area contributed by atoms with Gasteiger partial charge in [-0.05, 0) is 16.0 Å². The van der Waals surface area contributed by atoms with Gasteiger partial charge in [-0.1, -0.05) is 41.7 Å². The number of nitrogens with two attached hydrogens (primary N) is 1. The normalized spacial score (nSPS) is 10.7. The van der Waals surface area contributed by atoms with Crippen molar-refractivity contribution >= 4 is 16.5 Å². The third-order valence-electron chi connectivity index (χ3n) is 2.45. The van der Waals surface area contributed by atoms with Gasteiger partial charge >= 0.3 is 0 Å². The highest BCUT2D eigenvalue weighted by Crippen LogP contribution is 2.25. The lowest BCUT2D eigenvalue weighted by atomic mass is 10.2. The molecule has 90 valence electrons. The molecule has 0 saturated carbocycles. The first-order chi connectivity index (χ1) is 8.83. The second-order valence-corrected chi connectivity index (χ2v) is 4.77. The van der Waals surface area contributed by atoms with Crippen LogP contribution in [0.5, 0.6) is 0 Å². The van der Waals surface area contributed by atoms with Gasteiger partial charge in [0.05, 0.1) is 17.6 Å². The molecule has 0 fully saturated rings. The summed E-state index contributed by atoms with van der Waals surface area (Å²) in [6.07, 6.45) is 1.69. The van der Waals surface area contributed by atoms with Gasteiger partial charge in [0.15, 0.2) is 11.0 Å². The molecule has 0 radical (unpaired) electrons. The summed E-state index contributed by atoms with van der Waals surface area (Å²) in [5.74, 6) is 0.688. The molecule has 0 aliphatic rings. The molecule has 0 atom stereocenters. The molecule has 1 aromatic carbocycles. The predicted molar refractivity (Wildman–Crippen MR) is 68.9 cm³/mol. The van der Waals surface area contributed by atoms with Crippen molar-refractivity contribution in [2.75, 3.05) is 5.73 Å². The molecule has 7 heteroatoms. The molecule has 0 aliphatic heterocycles. The average Bonchev–Trinajstić information content (AvgIpc) is 2.99. The zero-order valence-corrected chi connectivity index (χ0v) is 10.2. The number of nitrogen functional groups attached to an aromatic ring is 1. The van der Waals surface area contributed by atoms with E-state index in [0.717, 1.165) is 10.4 Å². The zero-order valence-electron chi connectivity index (χ0n) is 9.39. The maximum Gasteiger partial charge on any atom is 0.194 e. The molecule has 2 heterocycles. The molecular weight excluding hydrogens is 248 g/mol. The van der Waals surface area contributed by atoms with Crippen LogP contribution in [0, 0.1) is 0 Å². The van der Waals surface area contributed by atoms with Gasteiger partial charge in [0.2, 0.25) is 0 Å². The van der Waals surface area contributed by atoms with Crippen molar-refractivity contribution < 1.29 is 0 Å². The number of tetrazole rings is 1. The lowest BCUT2D eigenvalue weighted by molar-refractivity contribution is 0.654. The minimum atomic E-state index is 0.513. The first kappa shape index (κ1) is 10.8. The number of hydrogen-bond acceptors (Lipinski definition) is 6. The fraction of sp³-hybridized carbons (Fsp3) is 0.0909. The van der Waals surface area contributed by atoms with Crippen LogP contribution in [0.15, 0.2) is 36.5 Å². The van der Waals surface area contributed by atoms with E-state index in [9.17, 15) is 0 Å². The van der Waals surface area contributed by atoms with E-state index in [1.54, 1.807) is 10.9 Å². The summed E-state index contributed by atoms with van der Waals surface area (Å²) in [4.78, 5) is 4.88. The molecule has 2 N–H and O–H groups in total. The molecule has 3 rings (SSSR count). The standard InChI is InChI=1S/C11H10N6S/c12-11-13-6-9(18-11)10-14-15-16-17(10)7-8-4-2-1-3-5-8/h1-6H,7H2,(H2,12,13). The van der Waals surface area contributed by atoms with E-state index < -0.39 is 0 Å². The van der Waals surface area contributed by atoms with Gasteiger partial charge in [0.1, 0.15) is 0 Å². The Bertz CT molecular complexity index is 644. The Morgan fingerprint density at radius 3 is 2.78 bits per heavy atom. The molecule has 18 heavy (non-hydrogen) atoms. The van der Waals surface area contributed by atoms with Crippen LogP contribution in [0.4, 0.5) is 5.13 Å². The average molecular weight is 258 g/mol. The first-order valence-electron chi connectivity index (χ1n) is 5.35. The first-order valence-corrected chi connectivity index (χ1v) is 6.16. The van der Waals surface area contributed by atoms with E-state index >= 15 is 0 Å². The van der Waals surface area contributed by atoms with Crippen molar-refractivity contribution in [2.45, 2.75) is 6.54 Å². The second-order valence-electron chi connectivity index (χ2n) is 3.71. The maximum atomic E-state index is 5.62. The van der Waals surface area contributed by atoms with Gasteiger partial charge in [-0.2, -0.15) is 0 Å². The highest BCUT2D eigenvalue weighted by atomic mass is 32.1. The van der Waals surface area contributed by atoms with Crippen molar-refractivity contribution in [3.05, 3.63) is 42.1 Å². The molecule has 0 saturated heterocycles. The number of aromatic nitrogens is 5. The SMILES string of the molecule is Nc1ncc(-c2nnnn2Cc2ccccc2)s1. The van der Waals surface area contributed by atoms with Gasteiger partial charge < -0.3 is 5.73 Å². The summed E-state index contributed by atoms with van der Waals surface area (Å²) < 4.78 is 1.74. The topological polar surface area (TPSA) is 82.5 Å². The van der Waals surface area contributed by atoms with E-state index in [4.69, 9.17) is 5.73 Å². The summed E-state index contributed by atoms with van der Waals surface area (Å²) in [6.45, 7) is 0.626. The smallest absolute Gasteiger partial charge is 0.194 e. The second kappa shape index (κ2) is 4.53. The summed E-state index contributed by atoms with van der Waals surface area (Å²) >= 11 is 1.37. The Kier molecular flexibility index (Phi) is 2.73. The van der Waals surface area contributed by atoms with Crippen molar-refractivity contribution in [1.29, 1.82) is 0 Å². The summed E-state index contributed by atoms with van der Waals surface area (Å²) in [5, 5.41) is 12.2. The van der Waals surface area contributed by atoms with E-state index in [0.29, 0.717) is 17.5 Å². The molecule has 0 aliphatic carbocycles. The van der Waals surface area contributed by atoms with Gasteiger partial charge in [-0.15, -0.1) is 5.10 Å². The van der Waals surface area contributed by atoms with Gasteiger partial charge in [0, 0.05) is 0 Å². The Labute approximate surface area is 107 Å². The minimum absolute atomic E-state index is 0.513. The highest BCUT2D eigenvalue weighted by Gasteiger charge is 2.11. The predicted octanol–water partition coefficient (Wildman–Crippen LogP) is 1.43. The van der Waals surface area contributed by atoms with Gasteiger partial charge in [0.25, 0.3) is 0 Å². The Morgan fingerprint density at radius 1 is 1.22 bits per heavy atom. The van der Waals surface area contributed by atoms with E-state index in [-0.39, 0.29) is 0 Å². The van der Waals surface area contributed by atoms with E-state index in [1.165, 1.54) is 11.3 Å². The molecule has 3 aromatic rings. The minimum Gasteiger partial charge on any atom is -0.375 e. The molecule has 0 unspecified atom stereocenters. The van der Waals surface area contributed by atoms with Gasteiger partial charge in [-0.25, -0.2) is 9.67 Å². The molecule has 0 bridgehead atoms. The van der Waals surface area contributed by atoms with Crippen LogP contribution < -0.4 is 5.73 Å². The number of thiazole rings is 1. The molecule has 6 nitrogen and oxygen atoms in total. The van der Waals surface area contributed by atoms with Crippen molar-refractivity contribution in [3.8, 4) is 10.7 Å². The maximum absolute atomic E-state index is 5.62. The number of hydrogen-bond donors (Lipinski definition) is 1. The largest absolute Gasteiger partial charge is 0.375 e. The quantitative estimate of drug-likeness (QED) is 0.768. The van der Waals surface area contributed by atoms with Crippen LogP contribution in [-0.2, 0) is 6.54 Å². The Balaban J connectivity index is 1.93. The lowest BCUT2D eigenvalue weighted by Gasteiger charge is -2.02. The number of benzene rings is 1. The fourth-order valence-corrected chi connectivity index (χ4v) is 2.31. The van der Waals surface area contributed by atoms with Crippen LogP contribution in [0.25, 0.3) is 10.7 Å². The van der Waals surface area contributed by atoms with E-state index in [1.807, 2.05) is 30.3 Å². The van der Waals surface area contributed by atoms with Crippen molar-refractivity contribution in [2.24, 2.45) is 0 Å². The summed E-state index contributed by atoms with van der Waals surface area (Å²) in [7, 11) is 0. The third kappa shape index (κ3) is 2.07. The summed E-state index contributed by atoms with van der Waals surface area (Å²) in [6, 6.07) is 10.0. The third-order valence-corrected chi connectivity index (χ3v) is 3.27. The van der Waals surface area contributed by atoms with Gasteiger partial charge in [-0.3, -0.25) is 0 Å². The Hall–Kier alpha value is -2.28. The van der Waals surface area contributed by atoms with Crippen molar-refractivity contribution in [1.82, 2.24) is 25.2 Å². The lowest BCUT2D eigenvalue weighted by Crippen LogP contribution is -2.03. The van der Waals surface area contributed by atoms with Crippen LogP contribution in [0.3, 0.4) is 0 Å². The monoisotopic (exact) mass is 258 g/mol. The molecule has 0 spiro atoms. The molecule has 2 aromatic heterocycles. The zero-order chi connectivity index (χ0) is 12.4. The summed E-state index contributed by atoms with van der Waals surface area (Å²) in [5.41, 5.74) is 6.76. The van der Waals surface area contributed by atoms with Crippen LogP contribution in [0.2, 0.25) is 0 Å². The fourth-order valence-electron chi connectivity index (χ4n) is 1.63. The van der Waals surface area contributed by atoms with Crippen LogP contribution in [0.1, 0.15) is 5.56 Å². The van der Waals surface area contributed by atoms with Crippen molar-refractivity contribution in [3.63, 3.8) is 0 Å². The van der Waals surface area contributed by atoms with Crippen LogP contribution in [-0.4, -0.2) is 25.2 Å². The highest BCUT2D eigenvalue weighted by molar-refractivity contribution is 7.18. The number of nitrogens with zero attached hydrogens (tertiary/aromatic N) is 5. The number of rotatable bonds is 3.